The van der Waals surface area contributed by atoms with Crippen molar-refractivity contribution in [3.63, 3.8) is 0 Å². The highest BCUT2D eigenvalue weighted by Crippen LogP contribution is 2.17. The van der Waals surface area contributed by atoms with E-state index in [-0.39, 0.29) is 115 Å². The van der Waals surface area contributed by atoms with Gasteiger partial charge in [0.1, 0.15) is 13.2 Å². The summed E-state index contributed by atoms with van der Waals surface area (Å²) in [6.07, 6.45) is 41.2. The molecular weight excluding hydrogens is 1030 g/mol. The van der Waals surface area contributed by atoms with Crippen LogP contribution in [0.2, 0.25) is 0 Å². The van der Waals surface area contributed by atoms with Crippen molar-refractivity contribution in [2.24, 2.45) is 0 Å². The maximum absolute atomic E-state index is 13.3. The smallest absolute Gasteiger partial charge is 0.305 e. The molecule has 0 aliphatic carbocycles. The average Bonchev–Trinajstić information content (AvgIpc) is 3.75. The Morgan fingerprint density at radius 1 is 0.388 bits per heavy atom. The average molecular weight is 1130 g/mol. The topological polar surface area (TPSA) is 258 Å². The lowest BCUT2D eigenvalue weighted by Gasteiger charge is -2.19. The summed E-state index contributed by atoms with van der Waals surface area (Å²) in [6.45, 7) is 1.26. The number of amides is 4. The van der Waals surface area contributed by atoms with Crippen LogP contribution in [0.4, 0.5) is 0 Å². The monoisotopic (exact) mass is 1130 g/mol. The van der Waals surface area contributed by atoms with Gasteiger partial charge >= 0.3 is 23.9 Å². The fraction of sp³-hybridized carbons (Fsp3) is 0.823. The summed E-state index contributed by atoms with van der Waals surface area (Å²) in [7, 11) is 0. The molecule has 18 nitrogen and oxygen atoms in total. The molecular formula is C62H107N3O15. The molecule has 80 heavy (non-hydrogen) atoms. The summed E-state index contributed by atoms with van der Waals surface area (Å²) in [5, 5.41) is 22.9. The molecule has 1 aliphatic rings. The number of hydrogen-bond donors (Lipinski definition) is 4. The Bertz CT molecular complexity index is 1690. The molecule has 1 atom stereocenters. The van der Waals surface area contributed by atoms with E-state index < -0.39 is 35.7 Å². The molecule has 0 aromatic heterocycles. The minimum atomic E-state index is -0.883. The van der Waals surface area contributed by atoms with E-state index >= 15 is 0 Å². The van der Waals surface area contributed by atoms with Gasteiger partial charge in [-0.3, -0.25) is 48.1 Å². The van der Waals surface area contributed by atoms with Gasteiger partial charge in [0.05, 0.1) is 25.9 Å². The van der Waals surface area contributed by atoms with Gasteiger partial charge in [0.25, 0.3) is 11.8 Å². The molecule has 4 amide bonds. The lowest BCUT2D eigenvalue weighted by Crippen LogP contribution is -2.43. The number of carboxylic acids is 2. The van der Waals surface area contributed by atoms with Gasteiger partial charge in [-0.25, -0.2) is 0 Å². The van der Waals surface area contributed by atoms with E-state index in [1.807, 2.05) is 0 Å². The van der Waals surface area contributed by atoms with Crippen molar-refractivity contribution in [2.45, 2.75) is 276 Å². The zero-order chi connectivity index (χ0) is 58.4. The number of imide groups is 1. The first kappa shape index (κ1) is 73.3. The molecule has 4 N–H and O–H groups in total. The number of hydrogen-bond acceptors (Lipinski definition) is 13. The van der Waals surface area contributed by atoms with Gasteiger partial charge in [0, 0.05) is 76.8 Å². The molecule has 1 aliphatic heterocycles. The van der Waals surface area contributed by atoms with Crippen LogP contribution >= 0.6 is 0 Å². The summed E-state index contributed by atoms with van der Waals surface area (Å²) >= 11 is 0. The molecule has 1 rings (SSSR count). The van der Waals surface area contributed by atoms with E-state index in [0.29, 0.717) is 25.7 Å². The van der Waals surface area contributed by atoms with Crippen LogP contribution in [0.3, 0.4) is 0 Å². The standard InChI is InChI=1S/C62H107N3O15/c66-54(36-34-47-77-49-51-79-61(75)40-31-27-23-19-15-11-7-3-1-5-9-13-17-21-25-29-38-59(71)72)53(64-56(68)44-46-65-57(69)42-43-58(65)70)35-33-37-55(67)63-45-48-78-50-52-80-62(76)41-32-28-24-20-16-12-8-4-2-6-10-14-18-22-26-30-39-60(73)74/h42-43,53H,1-41,44-52H2,(H,63,67)(H,64,68)(H,71,72)(H,73,74)/t53-/m0/s1. The predicted octanol–water partition coefficient (Wildman–Crippen LogP) is 11.8. The van der Waals surface area contributed by atoms with Crippen LogP contribution in [0.5, 0.6) is 0 Å². The molecule has 0 spiro atoms. The number of unbranched alkanes of at least 4 members (excludes halogenated alkanes) is 30. The third kappa shape index (κ3) is 48.0. The number of ether oxygens (including phenoxy) is 4. The van der Waals surface area contributed by atoms with Crippen molar-refractivity contribution < 1.29 is 72.3 Å². The van der Waals surface area contributed by atoms with Crippen LogP contribution in [-0.2, 0) is 62.1 Å². The van der Waals surface area contributed by atoms with Crippen molar-refractivity contribution in [2.75, 3.05) is 52.7 Å². The first-order valence-electron chi connectivity index (χ1n) is 31.4. The summed E-state index contributed by atoms with van der Waals surface area (Å²) in [5.41, 5.74) is 0. The molecule has 0 radical (unpaired) electrons. The fourth-order valence-corrected chi connectivity index (χ4v) is 9.60. The molecule has 0 unspecified atom stereocenters. The molecule has 0 bridgehead atoms. The number of nitrogens with zero attached hydrogens (tertiary/aromatic N) is 1. The van der Waals surface area contributed by atoms with Crippen molar-refractivity contribution in [3.8, 4) is 0 Å². The highest BCUT2D eigenvalue weighted by Gasteiger charge is 2.26. The number of aliphatic carboxylic acids is 2. The first-order chi connectivity index (χ1) is 38.9. The van der Waals surface area contributed by atoms with Crippen LogP contribution < -0.4 is 10.6 Å². The number of carbonyl (C=O) groups excluding carboxylic acids is 7. The van der Waals surface area contributed by atoms with Gasteiger partial charge in [-0.15, -0.1) is 0 Å². The van der Waals surface area contributed by atoms with Gasteiger partial charge in [-0.2, -0.15) is 0 Å². The Morgan fingerprint density at radius 2 is 0.750 bits per heavy atom. The minimum absolute atomic E-state index is 0.100. The fourth-order valence-electron chi connectivity index (χ4n) is 9.60. The van der Waals surface area contributed by atoms with Gasteiger partial charge in [0.15, 0.2) is 5.78 Å². The maximum atomic E-state index is 13.3. The Kier molecular flexibility index (Phi) is 49.1. The second-order valence-electron chi connectivity index (χ2n) is 21.6. The van der Waals surface area contributed by atoms with Gasteiger partial charge in [-0.1, -0.05) is 180 Å². The van der Waals surface area contributed by atoms with Gasteiger partial charge in [0.2, 0.25) is 11.8 Å². The Balaban J connectivity index is 2.12. The number of rotatable bonds is 60. The number of carboxylic acid groups (broad SMARTS) is 2. The van der Waals surface area contributed by atoms with Gasteiger partial charge in [-0.05, 0) is 44.9 Å². The van der Waals surface area contributed by atoms with Crippen molar-refractivity contribution in [1.82, 2.24) is 15.5 Å². The highest BCUT2D eigenvalue weighted by atomic mass is 16.6. The van der Waals surface area contributed by atoms with Gasteiger partial charge < -0.3 is 39.8 Å². The second kappa shape index (κ2) is 53.6. The van der Waals surface area contributed by atoms with E-state index in [4.69, 9.17) is 29.2 Å². The zero-order valence-electron chi connectivity index (χ0n) is 49.2. The Labute approximate surface area is 480 Å². The normalized spacial score (nSPS) is 12.5. The van der Waals surface area contributed by atoms with E-state index in [0.717, 1.165) is 94.1 Å². The number of nitrogens with one attached hydrogen (secondary N) is 2. The Hall–Kier alpha value is -4.71. The largest absolute Gasteiger partial charge is 0.481 e. The number of carbonyl (C=O) groups is 9. The molecule has 0 aromatic rings. The molecule has 0 fully saturated rings. The summed E-state index contributed by atoms with van der Waals surface area (Å²) in [4.78, 5) is 109. The van der Waals surface area contributed by atoms with Crippen LogP contribution in [0.25, 0.3) is 0 Å². The van der Waals surface area contributed by atoms with E-state index in [2.05, 4.69) is 10.6 Å². The highest BCUT2D eigenvalue weighted by molar-refractivity contribution is 6.13. The summed E-state index contributed by atoms with van der Waals surface area (Å²) in [6, 6.07) is -0.883. The number of ketones is 1. The minimum Gasteiger partial charge on any atom is -0.481 e. The molecule has 18 heteroatoms. The first-order valence-corrected chi connectivity index (χ1v) is 31.4. The lowest BCUT2D eigenvalue weighted by atomic mass is 10.0. The SMILES string of the molecule is O=C(O)CCCCCCCCCCCCCCCCCCC(=O)OCCOCCCC(=O)[C@H](CCCC(=O)NCCOCCOC(=O)CCCCCCCCCCCCCCCCCCC(=O)O)NC(=O)CCN1C(=O)C=CC1=O. The van der Waals surface area contributed by atoms with Crippen LogP contribution in [-0.4, -0.2) is 127 Å². The van der Waals surface area contributed by atoms with Crippen molar-refractivity contribution >= 4 is 53.3 Å². The molecule has 1 heterocycles. The molecule has 460 valence electrons. The second-order valence-corrected chi connectivity index (χ2v) is 21.6. The maximum Gasteiger partial charge on any atom is 0.305 e. The Morgan fingerprint density at radius 3 is 1.14 bits per heavy atom. The third-order valence-corrected chi connectivity index (χ3v) is 14.4. The lowest BCUT2D eigenvalue weighted by molar-refractivity contribution is -0.146. The molecule has 0 saturated heterocycles. The van der Waals surface area contributed by atoms with Crippen LogP contribution in [0.15, 0.2) is 12.2 Å². The molecule has 0 aromatic carbocycles. The van der Waals surface area contributed by atoms with E-state index in [9.17, 15) is 43.2 Å². The summed E-state index contributed by atoms with van der Waals surface area (Å²) < 4.78 is 21.7. The quantitative estimate of drug-likeness (QED) is 0.0251. The number of esters is 2. The molecule has 0 saturated carbocycles. The third-order valence-electron chi connectivity index (χ3n) is 14.4. The van der Waals surface area contributed by atoms with Crippen LogP contribution in [0.1, 0.15) is 270 Å². The van der Waals surface area contributed by atoms with E-state index in [1.54, 1.807) is 0 Å². The summed E-state index contributed by atoms with van der Waals surface area (Å²) in [5.74, 6) is -3.89. The van der Waals surface area contributed by atoms with Crippen molar-refractivity contribution in [1.29, 1.82) is 0 Å². The van der Waals surface area contributed by atoms with Crippen molar-refractivity contribution in [3.05, 3.63) is 12.2 Å². The van der Waals surface area contributed by atoms with Crippen LogP contribution in [0, 0.1) is 0 Å². The predicted molar refractivity (Wildman–Crippen MR) is 309 cm³/mol. The zero-order valence-corrected chi connectivity index (χ0v) is 49.2. The van der Waals surface area contributed by atoms with E-state index in [1.165, 1.54) is 128 Å². The number of Topliss-reactive ketones (excluding diaryl/α,β-unsaturated/α-hetero) is 1.